The highest BCUT2D eigenvalue weighted by Gasteiger charge is 2.14. The molecule has 2 aromatic rings. The molecule has 0 saturated heterocycles. The van der Waals surface area contributed by atoms with E-state index in [-0.39, 0.29) is 18.0 Å². The summed E-state index contributed by atoms with van der Waals surface area (Å²) in [7, 11) is 1.47. The van der Waals surface area contributed by atoms with Crippen LogP contribution in [0.1, 0.15) is 15.9 Å². The molecule has 1 heterocycles. The number of ketones is 1. The summed E-state index contributed by atoms with van der Waals surface area (Å²) in [5, 5.41) is 0. The van der Waals surface area contributed by atoms with E-state index in [9.17, 15) is 9.18 Å². The molecule has 4 heteroatoms. The third-order valence-corrected chi connectivity index (χ3v) is 2.61. The Hall–Kier alpha value is -2.23. The van der Waals surface area contributed by atoms with E-state index in [2.05, 4.69) is 4.98 Å². The number of rotatable bonds is 4. The van der Waals surface area contributed by atoms with Gasteiger partial charge in [0.25, 0.3) is 0 Å². The Balaban J connectivity index is 2.25. The van der Waals surface area contributed by atoms with Gasteiger partial charge in [-0.25, -0.2) is 4.39 Å². The molecule has 18 heavy (non-hydrogen) atoms. The van der Waals surface area contributed by atoms with Crippen molar-refractivity contribution in [2.45, 2.75) is 6.42 Å². The standard InChI is InChI=1S/C14H12FNO2/c1-18-14-9-16-7-6-11(14)13(17)8-10-4-2-3-5-12(10)15/h2-7,9H,8H2,1H3. The van der Waals surface area contributed by atoms with E-state index in [0.29, 0.717) is 16.9 Å². The third kappa shape index (κ3) is 2.53. The van der Waals surface area contributed by atoms with Gasteiger partial charge in [-0.3, -0.25) is 9.78 Å². The summed E-state index contributed by atoms with van der Waals surface area (Å²) in [5.74, 6) is -0.169. The molecular formula is C14H12FNO2. The number of aromatic nitrogens is 1. The fourth-order valence-electron chi connectivity index (χ4n) is 1.68. The molecule has 2 rings (SSSR count). The number of carbonyl (C=O) groups is 1. The number of methoxy groups -OCH3 is 1. The lowest BCUT2D eigenvalue weighted by atomic mass is 10.0. The number of ether oxygens (including phenoxy) is 1. The van der Waals surface area contributed by atoms with Crippen molar-refractivity contribution >= 4 is 5.78 Å². The Bertz CT molecular complexity index is 569. The van der Waals surface area contributed by atoms with E-state index in [1.807, 2.05) is 0 Å². The Morgan fingerprint density at radius 1 is 1.33 bits per heavy atom. The highest BCUT2D eigenvalue weighted by Crippen LogP contribution is 2.19. The minimum atomic E-state index is -0.376. The van der Waals surface area contributed by atoms with Gasteiger partial charge < -0.3 is 4.74 Å². The first-order chi connectivity index (χ1) is 8.72. The van der Waals surface area contributed by atoms with Crippen molar-refractivity contribution in [3.05, 3.63) is 59.7 Å². The largest absolute Gasteiger partial charge is 0.494 e. The van der Waals surface area contributed by atoms with Crippen molar-refractivity contribution in [3.8, 4) is 5.75 Å². The van der Waals surface area contributed by atoms with Crippen LogP contribution in [-0.2, 0) is 6.42 Å². The van der Waals surface area contributed by atoms with Crippen LogP contribution in [0, 0.1) is 5.82 Å². The molecule has 0 fully saturated rings. The summed E-state index contributed by atoms with van der Waals surface area (Å²) in [6.07, 6.45) is 2.98. The summed E-state index contributed by atoms with van der Waals surface area (Å²) < 4.78 is 18.5. The monoisotopic (exact) mass is 245 g/mol. The Labute approximate surface area is 104 Å². The lowest BCUT2D eigenvalue weighted by molar-refractivity contribution is 0.0988. The summed E-state index contributed by atoms with van der Waals surface area (Å²) in [4.78, 5) is 15.9. The predicted molar refractivity (Wildman–Crippen MR) is 65.2 cm³/mol. The molecule has 0 bridgehead atoms. The van der Waals surface area contributed by atoms with Crippen LogP contribution in [0.5, 0.6) is 5.75 Å². The second kappa shape index (κ2) is 5.40. The normalized spacial score (nSPS) is 10.1. The average Bonchev–Trinajstić information content (AvgIpc) is 2.41. The number of pyridine rings is 1. The second-order valence-corrected chi connectivity index (χ2v) is 3.77. The van der Waals surface area contributed by atoms with Gasteiger partial charge in [0, 0.05) is 12.6 Å². The van der Waals surface area contributed by atoms with E-state index in [1.54, 1.807) is 24.3 Å². The van der Waals surface area contributed by atoms with Crippen LogP contribution < -0.4 is 4.74 Å². The van der Waals surface area contributed by atoms with Gasteiger partial charge in [-0.15, -0.1) is 0 Å². The van der Waals surface area contributed by atoms with Crippen molar-refractivity contribution in [1.82, 2.24) is 4.98 Å². The fraction of sp³-hybridized carbons (Fsp3) is 0.143. The van der Waals surface area contributed by atoms with Crippen LogP contribution in [0.2, 0.25) is 0 Å². The van der Waals surface area contributed by atoms with Crippen molar-refractivity contribution < 1.29 is 13.9 Å². The molecule has 0 atom stereocenters. The van der Waals surface area contributed by atoms with Crippen molar-refractivity contribution in [2.75, 3.05) is 7.11 Å². The van der Waals surface area contributed by atoms with Gasteiger partial charge in [0.15, 0.2) is 5.78 Å². The van der Waals surface area contributed by atoms with Crippen LogP contribution in [0.3, 0.4) is 0 Å². The molecule has 0 aliphatic carbocycles. The van der Waals surface area contributed by atoms with Gasteiger partial charge in [0.05, 0.1) is 18.9 Å². The molecule has 0 radical (unpaired) electrons. The zero-order valence-electron chi connectivity index (χ0n) is 9.89. The summed E-state index contributed by atoms with van der Waals surface area (Å²) >= 11 is 0. The lowest BCUT2D eigenvalue weighted by Crippen LogP contribution is -2.07. The summed E-state index contributed by atoms with van der Waals surface area (Å²) in [6.45, 7) is 0. The minimum Gasteiger partial charge on any atom is -0.494 e. The maximum absolute atomic E-state index is 13.5. The predicted octanol–water partition coefficient (Wildman–Crippen LogP) is 2.65. The van der Waals surface area contributed by atoms with E-state index in [4.69, 9.17) is 4.74 Å². The number of benzene rings is 1. The Morgan fingerprint density at radius 2 is 2.11 bits per heavy atom. The number of nitrogens with zero attached hydrogens (tertiary/aromatic N) is 1. The van der Waals surface area contributed by atoms with E-state index in [0.717, 1.165) is 0 Å². The fourth-order valence-corrected chi connectivity index (χ4v) is 1.68. The molecule has 1 aromatic carbocycles. The average molecular weight is 245 g/mol. The molecule has 3 nitrogen and oxygen atoms in total. The first-order valence-electron chi connectivity index (χ1n) is 5.47. The van der Waals surface area contributed by atoms with Crippen LogP contribution in [0.15, 0.2) is 42.7 Å². The number of carbonyl (C=O) groups excluding carboxylic acids is 1. The smallest absolute Gasteiger partial charge is 0.171 e. The summed E-state index contributed by atoms with van der Waals surface area (Å²) in [5.41, 5.74) is 0.789. The van der Waals surface area contributed by atoms with Crippen molar-refractivity contribution in [1.29, 1.82) is 0 Å². The first kappa shape index (κ1) is 12.2. The summed E-state index contributed by atoms with van der Waals surface area (Å²) in [6, 6.07) is 7.81. The molecule has 1 aromatic heterocycles. The molecule has 0 saturated carbocycles. The van der Waals surface area contributed by atoms with Crippen molar-refractivity contribution in [3.63, 3.8) is 0 Å². The van der Waals surface area contributed by atoms with Gasteiger partial charge in [-0.05, 0) is 17.7 Å². The molecule has 0 aliphatic rings. The molecule has 0 aliphatic heterocycles. The maximum atomic E-state index is 13.5. The SMILES string of the molecule is COc1cnccc1C(=O)Cc1ccccc1F. The van der Waals surface area contributed by atoms with E-state index >= 15 is 0 Å². The zero-order valence-corrected chi connectivity index (χ0v) is 9.89. The van der Waals surface area contributed by atoms with Crippen LogP contribution >= 0.6 is 0 Å². The number of hydrogen-bond donors (Lipinski definition) is 0. The van der Waals surface area contributed by atoms with Crippen LogP contribution in [0.25, 0.3) is 0 Å². The van der Waals surface area contributed by atoms with Crippen LogP contribution in [0.4, 0.5) is 4.39 Å². The number of halogens is 1. The van der Waals surface area contributed by atoms with Crippen molar-refractivity contribution in [2.24, 2.45) is 0 Å². The molecule has 92 valence electrons. The second-order valence-electron chi connectivity index (χ2n) is 3.77. The van der Waals surface area contributed by atoms with Gasteiger partial charge in [-0.2, -0.15) is 0 Å². The molecule has 0 spiro atoms. The van der Waals surface area contributed by atoms with E-state index in [1.165, 1.54) is 25.6 Å². The number of hydrogen-bond acceptors (Lipinski definition) is 3. The highest BCUT2D eigenvalue weighted by atomic mass is 19.1. The Kier molecular flexibility index (Phi) is 3.67. The molecule has 0 N–H and O–H groups in total. The maximum Gasteiger partial charge on any atom is 0.171 e. The lowest BCUT2D eigenvalue weighted by Gasteiger charge is -2.07. The highest BCUT2D eigenvalue weighted by molar-refractivity contribution is 5.99. The Morgan fingerprint density at radius 3 is 2.83 bits per heavy atom. The van der Waals surface area contributed by atoms with Gasteiger partial charge in [0.2, 0.25) is 0 Å². The molecule has 0 unspecified atom stereocenters. The van der Waals surface area contributed by atoms with Gasteiger partial charge in [-0.1, -0.05) is 18.2 Å². The third-order valence-electron chi connectivity index (χ3n) is 2.61. The van der Waals surface area contributed by atoms with Crippen LogP contribution in [-0.4, -0.2) is 17.9 Å². The van der Waals surface area contributed by atoms with Gasteiger partial charge in [0.1, 0.15) is 11.6 Å². The quantitative estimate of drug-likeness (QED) is 0.777. The molecule has 0 amide bonds. The van der Waals surface area contributed by atoms with Gasteiger partial charge >= 0.3 is 0 Å². The number of Topliss-reactive ketones (excluding diaryl/α,β-unsaturated/α-hetero) is 1. The zero-order chi connectivity index (χ0) is 13.0. The molecular weight excluding hydrogens is 233 g/mol. The van der Waals surface area contributed by atoms with E-state index < -0.39 is 0 Å². The minimum absolute atomic E-state index is 0.00699. The topological polar surface area (TPSA) is 39.2 Å². The first-order valence-corrected chi connectivity index (χ1v) is 5.47.